The van der Waals surface area contributed by atoms with Crippen LogP contribution >= 0.6 is 27.5 Å². The van der Waals surface area contributed by atoms with Crippen molar-refractivity contribution in [3.05, 3.63) is 33.8 Å². The molecule has 2 aromatic rings. The van der Waals surface area contributed by atoms with Gasteiger partial charge in [0.2, 0.25) is 5.91 Å². The molecule has 0 saturated carbocycles. The van der Waals surface area contributed by atoms with Crippen molar-refractivity contribution in [1.82, 2.24) is 24.5 Å². The van der Waals surface area contributed by atoms with E-state index in [1.165, 1.54) is 0 Å². The van der Waals surface area contributed by atoms with Crippen molar-refractivity contribution in [2.45, 2.75) is 33.0 Å². The smallest absolute Gasteiger partial charge is 0.224 e. The maximum atomic E-state index is 12.2. The number of amides is 1. The number of aryl methyl sites for hydroxylation is 2. The fraction of sp³-hybridized carbons (Fsp3) is 0.462. The Morgan fingerprint density at radius 1 is 1.43 bits per heavy atom. The van der Waals surface area contributed by atoms with Gasteiger partial charge < -0.3 is 4.90 Å². The molecule has 0 bridgehead atoms. The average molecular weight is 375 g/mol. The molecular formula is C13H17BrClN5O. The number of carbonyl (C=O) groups is 1. The van der Waals surface area contributed by atoms with Crippen LogP contribution in [-0.2, 0) is 24.4 Å². The predicted molar refractivity (Wildman–Crippen MR) is 83.9 cm³/mol. The first-order chi connectivity index (χ1) is 10.0. The zero-order valence-corrected chi connectivity index (χ0v) is 14.3. The molecule has 0 atom stereocenters. The molecule has 0 N–H and O–H groups in total. The van der Waals surface area contributed by atoms with Gasteiger partial charge >= 0.3 is 0 Å². The van der Waals surface area contributed by atoms with Crippen LogP contribution in [0.5, 0.6) is 0 Å². The third-order valence-electron chi connectivity index (χ3n) is 3.17. The van der Waals surface area contributed by atoms with Gasteiger partial charge in [-0.15, -0.1) is 0 Å². The van der Waals surface area contributed by atoms with E-state index >= 15 is 0 Å². The fourth-order valence-electron chi connectivity index (χ4n) is 1.99. The van der Waals surface area contributed by atoms with E-state index in [1.54, 1.807) is 35.2 Å². The largest absolute Gasteiger partial charge is 0.340 e. The minimum Gasteiger partial charge on any atom is -0.340 e. The molecule has 6 nitrogen and oxygen atoms in total. The third-order valence-corrected chi connectivity index (χ3v) is 4.02. The first-order valence-electron chi connectivity index (χ1n) is 6.63. The van der Waals surface area contributed by atoms with Gasteiger partial charge in [0.05, 0.1) is 34.1 Å². The summed E-state index contributed by atoms with van der Waals surface area (Å²) in [5.74, 6) is 0.0531. The van der Waals surface area contributed by atoms with Crippen LogP contribution in [0.3, 0.4) is 0 Å². The topological polar surface area (TPSA) is 56.0 Å². The van der Waals surface area contributed by atoms with Crippen LogP contribution in [-0.4, -0.2) is 37.4 Å². The Morgan fingerprint density at radius 2 is 2.19 bits per heavy atom. The molecule has 0 spiro atoms. The zero-order valence-electron chi connectivity index (χ0n) is 12.0. The van der Waals surface area contributed by atoms with E-state index in [4.69, 9.17) is 11.6 Å². The van der Waals surface area contributed by atoms with Crippen molar-refractivity contribution in [2.75, 3.05) is 7.05 Å². The molecule has 2 heterocycles. The summed E-state index contributed by atoms with van der Waals surface area (Å²) in [7, 11) is 1.79. The molecule has 0 radical (unpaired) electrons. The van der Waals surface area contributed by atoms with Gasteiger partial charge in [-0.1, -0.05) is 11.6 Å². The quantitative estimate of drug-likeness (QED) is 0.781. The Morgan fingerprint density at radius 3 is 2.81 bits per heavy atom. The normalized spacial score (nSPS) is 10.9. The van der Waals surface area contributed by atoms with Crippen molar-refractivity contribution >= 4 is 33.4 Å². The van der Waals surface area contributed by atoms with Crippen molar-refractivity contribution < 1.29 is 4.79 Å². The lowest BCUT2D eigenvalue weighted by Gasteiger charge is -2.18. The third kappa shape index (κ3) is 4.07. The highest BCUT2D eigenvalue weighted by Crippen LogP contribution is 2.18. The Kier molecular flexibility index (Phi) is 5.41. The Bertz CT molecular complexity index is 624. The fourth-order valence-corrected chi connectivity index (χ4v) is 2.57. The van der Waals surface area contributed by atoms with E-state index in [9.17, 15) is 4.79 Å². The average Bonchev–Trinajstić information content (AvgIpc) is 3.03. The Balaban J connectivity index is 1.91. The first kappa shape index (κ1) is 16.0. The minimum absolute atomic E-state index is 0.0531. The van der Waals surface area contributed by atoms with Gasteiger partial charge in [-0.2, -0.15) is 10.2 Å². The highest BCUT2D eigenvalue weighted by Gasteiger charge is 2.14. The summed E-state index contributed by atoms with van der Waals surface area (Å²) in [6.07, 6.45) is 5.40. The molecule has 8 heteroatoms. The molecule has 0 aliphatic rings. The summed E-state index contributed by atoms with van der Waals surface area (Å²) in [4.78, 5) is 13.9. The maximum absolute atomic E-state index is 12.2. The van der Waals surface area contributed by atoms with Gasteiger partial charge in [0.25, 0.3) is 0 Å². The second kappa shape index (κ2) is 7.09. The van der Waals surface area contributed by atoms with Crippen LogP contribution < -0.4 is 0 Å². The molecule has 0 fully saturated rings. The second-order valence-corrected chi connectivity index (χ2v) is 5.97. The van der Waals surface area contributed by atoms with Crippen molar-refractivity contribution in [2.24, 2.45) is 0 Å². The molecule has 1 amide bonds. The van der Waals surface area contributed by atoms with Crippen molar-refractivity contribution in [3.63, 3.8) is 0 Å². The molecule has 0 aliphatic carbocycles. The lowest BCUT2D eigenvalue weighted by Crippen LogP contribution is -2.28. The number of carbonyl (C=O) groups excluding carboxylic acids is 1. The molecule has 0 aliphatic heterocycles. The van der Waals surface area contributed by atoms with Crippen molar-refractivity contribution in [3.8, 4) is 0 Å². The summed E-state index contributed by atoms with van der Waals surface area (Å²) in [5, 5.41) is 8.88. The number of hydrogen-bond donors (Lipinski definition) is 0. The molecule has 2 rings (SSSR count). The molecule has 0 saturated heterocycles. The van der Waals surface area contributed by atoms with Crippen molar-refractivity contribution in [1.29, 1.82) is 0 Å². The maximum Gasteiger partial charge on any atom is 0.224 e. The van der Waals surface area contributed by atoms with Crippen LogP contribution in [0.4, 0.5) is 0 Å². The lowest BCUT2D eigenvalue weighted by atomic mass is 10.3. The van der Waals surface area contributed by atoms with Gasteiger partial charge in [0, 0.05) is 32.8 Å². The number of halogens is 2. The van der Waals surface area contributed by atoms with Crippen LogP contribution in [0.25, 0.3) is 0 Å². The molecule has 2 aromatic heterocycles. The van der Waals surface area contributed by atoms with E-state index in [0.29, 0.717) is 24.5 Å². The highest BCUT2D eigenvalue weighted by atomic mass is 79.9. The Hall–Kier alpha value is -1.34. The minimum atomic E-state index is 0.0531. The summed E-state index contributed by atoms with van der Waals surface area (Å²) < 4.78 is 4.46. The van der Waals surface area contributed by atoms with Gasteiger partial charge in [0.15, 0.2) is 0 Å². The number of aromatic nitrogens is 4. The molecular weight excluding hydrogens is 358 g/mol. The van der Waals surface area contributed by atoms with Crippen LogP contribution in [0.15, 0.2) is 23.1 Å². The summed E-state index contributed by atoms with van der Waals surface area (Å²) in [6, 6.07) is 0. The lowest BCUT2D eigenvalue weighted by molar-refractivity contribution is -0.130. The van der Waals surface area contributed by atoms with Gasteiger partial charge in [-0.05, 0) is 22.9 Å². The van der Waals surface area contributed by atoms with E-state index in [-0.39, 0.29) is 5.91 Å². The Labute approximate surface area is 136 Å². The molecule has 0 aromatic carbocycles. The number of nitrogens with zero attached hydrogens (tertiary/aromatic N) is 5. The van der Waals surface area contributed by atoms with E-state index < -0.39 is 0 Å². The van der Waals surface area contributed by atoms with Gasteiger partial charge in [0.1, 0.15) is 0 Å². The van der Waals surface area contributed by atoms with E-state index in [1.807, 2.05) is 11.6 Å². The van der Waals surface area contributed by atoms with E-state index in [2.05, 4.69) is 26.1 Å². The first-order valence-corrected chi connectivity index (χ1v) is 7.80. The summed E-state index contributed by atoms with van der Waals surface area (Å²) >= 11 is 9.25. The van der Waals surface area contributed by atoms with Crippen LogP contribution in [0.1, 0.15) is 19.0 Å². The SMILES string of the molecule is CCn1ncc(Br)c1CN(C)C(=O)CCn1cc(Cl)cn1. The number of hydrogen-bond acceptors (Lipinski definition) is 3. The van der Waals surface area contributed by atoms with Crippen LogP contribution in [0, 0.1) is 0 Å². The van der Waals surface area contributed by atoms with E-state index in [0.717, 1.165) is 16.7 Å². The monoisotopic (exact) mass is 373 g/mol. The number of rotatable bonds is 6. The molecule has 114 valence electrons. The standard InChI is InChI=1S/C13H17BrClN5O/c1-3-20-12(11(14)7-17-20)9-18(2)13(21)4-5-19-8-10(15)6-16-19/h6-8H,3-5,9H2,1-2H3. The summed E-state index contributed by atoms with van der Waals surface area (Å²) in [5.41, 5.74) is 0.996. The van der Waals surface area contributed by atoms with Gasteiger partial charge in [-0.25, -0.2) is 0 Å². The molecule has 21 heavy (non-hydrogen) atoms. The van der Waals surface area contributed by atoms with Crippen LogP contribution in [0.2, 0.25) is 5.02 Å². The van der Waals surface area contributed by atoms with Gasteiger partial charge in [-0.3, -0.25) is 14.2 Å². The summed E-state index contributed by atoms with van der Waals surface area (Å²) in [6.45, 7) is 3.83. The second-order valence-electron chi connectivity index (χ2n) is 4.68. The highest BCUT2D eigenvalue weighted by molar-refractivity contribution is 9.10. The molecule has 0 unspecified atom stereocenters. The zero-order chi connectivity index (χ0) is 15.4. The predicted octanol–water partition coefficient (Wildman–Crippen LogP) is 2.56.